The minimum absolute atomic E-state index is 0.280. The molecule has 0 saturated heterocycles. The van der Waals surface area contributed by atoms with Crippen molar-refractivity contribution < 1.29 is 9.59 Å². The second-order valence-electron chi connectivity index (χ2n) is 5.47. The van der Waals surface area contributed by atoms with E-state index in [0.29, 0.717) is 27.7 Å². The summed E-state index contributed by atoms with van der Waals surface area (Å²) in [5, 5.41) is 3.40. The summed E-state index contributed by atoms with van der Waals surface area (Å²) in [5.74, 6) is -0.653. The molecule has 0 fully saturated rings. The van der Waals surface area contributed by atoms with E-state index in [2.05, 4.69) is 5.32 Å². The normalized spacial score (nSPS) is 10.6. The van der Waals surface area contributed by atoms with Crippen LogP contribution in [0.1, 0.15) is 18.6 Å². The molecule has 24 heavy (non-hydrogen) atoms. The van der Waals surface area contributed by atoms with E-state index in [-0.39, 0.29) is 11.8 Å². The third-order valence-corrected chi connectivity index (χ3v) is 3.76. The van der Waals surface area contributed by atoms with Gasteiger partial charge in [0, 0.05) is 19.2 Å². The third kappa shape index (κ3) is 2.60. The van der Waals surface area contributed by atoms with Crippen molar-refractivity contribution in [2.24, 2.45) is 0 Å². The van der Waals surface area contributed by atoms with Crippen molar-refractivity contribution in [1.29, 1.82) is 0 Å². The van der Waals surface area contributed by atoms with Gasteiger partial charge in [-0.15, -0.1) is 0 Å². The number of fused-ring (bicyclic) bond motifs is 1. The SMILES string of the molecule is CC(=O)Nc1c(-c2ccccc2)c(=O)n(C(C)=O)c2ccccc12. The maximum absolute atomic E-state index is 13.0. The number of hydrogen-bond donors (Lipinski definition) is 1. The molecule has 0 bridgehead atoms. The molecule has 5 nitrogen and oxygen atoms in total. The van der Waals surface area contributed by atoms with Gasteiger partial charge in [-0.3, -0.25) is 14.4 Å². The van der Waals surface area contributed by atoms with E-state index >= 15 is 0 Å². The van der Waals surface area contributed by atoms with Crippen LogP contribution in [0.4, 0.5) is 5.69 Å². The number of anilines is 1. The zero-order chi connectivity index (χ0) is 17.3. The first-order valence-corrected chi connectivity index (χ1v) is 7.52. The summed E-state index contributed by atoms with van der Waals surface area (Å²) in [6.07, 6.45) is 0. The number of pyridine rings is 1. The van der Waals surface area contributed by atoms with Crippen molar-refractivity contribution in [2.45, 2.75) is 13.8 Å². The lowest BCUT2D eigenvalue weighted by atomic mass is 10.0. The summed E-state index contributed by atoms with van der Waals surface area (Å²) in [6, 6.07) is 16.0. The van der Waals surface area contributed by atoms with Gasteiger partial charge in [0.2, 0.25) is 11.8 Å². The smallest absolute Gasteiger partial charge is 0.267 e. The maximum Gasteiger partial charge on any atom is 0.267 e. The van der Waals surface area contributed by atoms with Crippen molar-refractivity contribution >= 4 is 28.4 Å². The number of benzene rings is 2. The standard InChI is InChI=1S/C19H16N2O3/c1-12(22)20-18-15-10-6-7-11-16(15)21(13(2)23)19(24)17(18)14-8-4-3-5-9-14/h3-11H,1-2H3,(H,20,22). The minimum atomic E-state index is -0.448. The summed E-state index contributed by atoms with van der Waals surface area (Å²) in [5.41, 5.74) is 1.40. The van der Waals surface area contributed by atoms with Crippen LogP contribution in [-0.4, -0.2) is 16.4 Å². The van der Waals surface area contributed by atoms with Gasteiger partial charge in [-0.05, 0) is 11.6 Å². The Morgan fingerprint density at radius 2 is 1.54 bits per heavy atom. The largest absolute Gasteiger partial charge is 0.325 e. The predicted molar refractivity (Wildman–Crippen MR) is 94.2 cm³/mol. The highest BCUT2D eigenvalue weighted by molar-refractivity contribution is 6.08. The fraction of sp³-hybridized carbons (Fsp3) is 0.105. The number of nitrogens with one attached hydrogen (secondary N) is 1. The monoisotopic (exact) mass is 320 g/mol. The highest BCUT2D eigenvalue weighted by Crippen LogP contribution is 2.32. The van der Waals surface area contributed by atoms with Gasteiger partial charge in [-0.2, -0.15) is 0 Å². The van der Waals surface area contributed by atoms with Crippen molar-refractivity contribution in [3.8, 4) is 11.1 Å². The van der Waals surface area contributed by atoms with E-state index in [4.69, 9.17) is 0 Å². The van der Waals surface area contributed by atoms with Crippen molar-refractivity contribution in [3.63, 3.8) is 0 Å². The van der Waals surface area contributed by atoms with Gasteiger partial charge in [-0.1, -0.05) is 48.5 Å². The Kier molecular flexibility index (Phi) is 4.00. The molecule has 2 aromatic carbocycles. The summed E-state index contributed by atoms with van der Waals surface area (Å²) >= 11 is 0. The molecule has 0 radical (unpaired) electrons. The number of carbonyl (C=O) groups is 2. The molecule has 0 spiro atoms. The van der Waals surface area contributed by atoms with Crippen molar-refractivity contribution in [3.05, 3.63) is 65.0 Å². The Morgan fingerprint density at radius 3 is 2.17 bits per heavy atom. The Morgan fingerprint density at radius 1 is 0.917 bits per heavy atom. The first-order chi connectivity index (χ1) is 11.5. The van der Waals surface area contributed by atoms with Gasteiger partial charge >= 0.3 is 0 Å². The molecule has 0 atom stereocenters. The molecule has 1 N–H and O–H groups in total. The van der Waals surface area contributed by atoms with Crippen LogP contribution >= 0.6 is 0 Å². The van der Waals surface area contributed by atoms with Crippen LogP contribution in [0, 0.1) is 0 Å². The number of aromatic nitrogens is 1. The first-order valence-electron chi connectivity index (χ1n) is 7.52. The fourth-order valence-electron chi connectivity index (χ4n) is 2.83. The van der Waals surface area contributed by atoms with E-state index in [0.717, 1.165) is 4.57 Å². The third-order valence-electron chi connectivity index (χ3n) is 3.76. The van der Waals surface area contributed by atoms with Crippen LogP contribution in [0.15, 0.2) is 59.4 Å². The molecular formula is C19H16N2O3. The zero-order valence-corrected chi connectivity index (χ0v) is 13.4. The van der Waals surface area contributed by atoms with E-state index in [1.165, 1.54) is 13.8 Å². The van der Waals surface area contributed by atoms with Crippen LogP contribution in [0.3, 0.4) is 0 Å². The van der Waals surface area contributed by atoms with Gasteiger partial charge in [0.25, 0.3) is 5.56 Å². The number of nitrogens with zero attached hydrogens (tertiary/aromatic N) is 1. The lowest BCUT2D eigenvalue weighted by Gasteiger charge is -2.16. The second kappa shape index (κ2) is 6.12. The lowest BCUT2D eigenvalue weighted by molar-refractivity contribution is -0.114. The van der Waals surface area contributed by atoms with E-state index in [1.807, 2.05) is 6.07 Å². The molecule has 0 aliphatic carbocycles. The van der Waals surface area contributed by atoms with Gasteiger partial charge in [0.1, 0.15) is 0 Å². The van der Waals surface area contributed by atoms with Gasteiger partial charge < -0.3 is 5.32 Å². The Bertz CT molecular complexity index is 1000. The van der Waals surface area contributed by atoms with Gasteiger partial charge in [0.15, 0.2) is 0 Å². The predicted octanol–water partition coefficient (Wildman–Crippen LogP) is 3.29. The number of amides is 1. The molecule has 1 heterocycles. The molecule has 1 aromatic heterocycles. The molecule has 120 valence electrons. The first kappa shape index (κ1) is 15.7. The van der Waals surface area contributed by atoms with E-state index in [1.54, 1.807) is 48.5 Å². The average Bonchev–Trinajstić information content (AvgIpc) is 2.55. The molecule has 3 aromatic rings. The number of hydrogen-bond acceptors (Lipinski definition) is 3. The Balaban J connectivity index is 2.53. The van der Waals surface area contributed by atoms with Crippen LogP contribution in [0.2, 0.25) is 0 Å². The van der Waals surface area contributed by atoms with Crippen LogP contribution in [-0.2, 0) is 4.79 Å². The molecular weight excluding hydrogens is 304 g/mol. The maximum atomic E-state index is 13.0. The van der Waals surface area contributed by atoms with E-state index < -0.39 is 5.56 Å². The Labute approximate surface area is 138 Å². The molecule has 0 aliphatic rings. The number of para-hydroxylation sites is 1. The summed E-state index contributed by atoms with van der Waals surface area (Å²) in [6.45, 7) is 2.74. The van der Waals surface area contributed by atoms with Crippen LogP contribution in [0.25, 0.3) is 22.0 Å². The quantitative estimate of drug-likeness (QED) is 0.788. The van der Waals surface area contributed by atoms with Crippen molar-refractivity contribution in [2.75, 3.05) is 5.32 Å². The van der Waals surface area contributed by atoms with Crippen LogP contribution in [0.5, 0.6) is 0 Å². The highest BCUT2D eigenvalue weighted by atomic mass is 16.2. The lowest BCUT2D eigenvalue weighted by Crippen LogP contribution is -2.28. The fourth-order valence-corrected chi connectivity index (χ4v) is 2.83. The Hall–Kier alpha value is -3.21. The summed E-state index contributed by atoms with van der Waals surface area (Å²) in [4.78, 5) is 36.8. The number of carbonyl (C=O) groups excluding carboxylic acids is 2. The summed E-state index contributed by atoms with van der Waals surface area (Å²) < 4.78 is 1.14. The van der Waals surface area contributed by atoms with Crippen LogP contribution < -0.4 is 10.9 Å². The van der Waals surface area contributed by atoms with Gasteiger partial charge in [-0.25, -0.2) is 4.57 Å². The molecule has 0 unspecified atom stereocenters. The molecule has 0 aliphatic heterocycles. The second-order valence-corrected chi connectivity index (χ2v) is 5.47. The van der Waals surface area contributed by atoms with E-state index in [9.17, 15) is 14.4 Å². The zero-order valence-electron chi connectivity index (χ0n) is 13.4. The number of rotatable bonds is 2. The molecule has 3 rings (SSSR count). The average molecular weight is 320 g/mol. The van der Waals surface area contributed by atoms with Gasteiger partial charge in [0.05, 0.1) is 16.8 Å². The highest BCUT2D eigenvalue weighted by Gasteiger charge is 2.20. The topological polar surface area (TPSA) is 68.2 Å². The minimum Gasteiger partial charge on any atom is -0.325 e. The molecule has 0 saturated carbocycles. The van der Waals surface area contributed by atoms with Crippen molar-refractivity contribution in [1.82, 2.24) is 4.57 Å². The molecule has 5 heteroatoms. The summed E-state index contributed by atoms with van der Waals surface area (Å²) in [7, 11) is 0. The molecule has 1 amide bonds.